The lowest BCUT2D eigenvalue weighted by molar-refractivity contribution is 0.292. The minimum atomic E-state index is 0.220. The molecule has 0 aliphatic carbocycles. The fraction of sp³-hybridized carbons (Fsp3) is 0.286. The van der Waals surface area contributed by atoms with E-state index in [2.05, 4.69) is 18.0 Å². The second-order valence-electron chi connectivity index (χ2n) is 3.61. The first-order chi connectivity index (χ1) is 7.77. The number of nitrogens with one attached hydrogen (secondary N) is 1. The molecule has 0 unspecified atom stereocenters. The van der Waals surface area contributed by atoms with Gasteiger partial charge in [0.2, 0.25) is 0 Å². The van der Waals surface area contributed by atoms with E-state index in [1.807, 2.05) is 37.3 Å². The van der Waals surface area contributed by atoms with Crippen LogP contribution in [-0.2, 0) is 0 Å². The van der Waals surface area contributed by atoms with Crippen LogP contribution in [0.3, 0.4) is 0 Å². The monoisotopic (exact) mass is 217 g/mol. The summed E-state index contributed by atoms with van der Waals surface area (Å²) in [5, 5.41) is 12.0. The van der Waals surface area contributed by atoms with Crippen molar-refractivity contribution in [2.24, 2.45) is 0 Å². The summed E-state index contributed by atoms with van der Waals surface area (Å²) in [6.45, 7) is 6.99. The summed E-state index contributed by atoms with van der Waals surface area (Å²) in [7, 11) is 0. The molecule has 16 heavy (non-hydrogen) atoms. The Morgan fingerprint density at radius 2 is 2.31 bits per heavy atom. The normalized spacial score (nSPS) is 10.6. The van der Waals surface area contributed by atoms with Crippen molar-refractivity contribution in [2.75, 3.05) is 18.5 Å². The summed E-state index contributed by atoms with van der Waals surface area (Å²) >= 11 is 0. The topological polar surface area (TPSA) is 32.3 Å². The van der Waals surface area contributed by atoms with Gasteiger partial charge < -0.3 is 10.4 Å². The molecule has 1 aromatic rings. The van der Waals surface area contributed by atoms with Crippen LogP contribution >= 0.6 is 0 Å². The molecule has 0 saturated heterocycles. The lowest BCUT2D eigenvalue weighted by atomic mass is 10.1. The Morgan fingerprint density at radius 1 is 1.50 bits per heavy atom. The molecule has 0 spiro atoms. The van der Waals surface area contributed by atoms with Gasteiger partial charge in [-0.25, -0.2) is 0 Å². The third-order valence-corrected chi connectivity index (χ3v) is 2.27. The number of aliphatic hydroxyl groups excluding tert-OH is 1. The van der Waals surface area contributed by atoms with Crippen LogP contribution in [0.1, 0.15) is 18.9 Å². The lowest BCUT2D eigenvalue weighted by Crippen LogP contribution is -2.03. The summed E-state index contributed by atoms with van der Waals surface area (Å²) in [5.41, 5.74) is 3.19. The first kappa shape index (κ1) is 12.5. The molecule has 0 aliphatic rings. The van der Waals surface area contributed by atoms with E-state index in [4.69, 9.17) is 5.11 Å². The number of anilines is 1. The van der Waals surface area contributed by atoms with Gasteiger partial charge in [0, 0.05) is 18.8 Å². The van der Waals surface area contributed by atoms with E-state index in [1.54, 1.807) is 0 Å². The standard InChI is InChI=1S/C14H19NO/c1-3-6-12(2)13-7-4-8-14(11-13)15-9-5-10-16/h3-4,6-8,11,15-16H,2,5,9-10H2,1H3/b6-3-. The molecule has 0 heterocycles. The highest BCUT2D eigenvalue weighted by atomic mass is 16.3. The summed E-state index contributed by atoms with van der Waals surface area (Å²) in [4.78, 5) is 0. The van der Waals surface area contributed by atoms with Gasteiger partial charge in [-0.3, -0.25) is 0 Å². The Labute approximate surface area is 97.3 Å². The Hall–Kier alpha value is -1.54. The molecular weight excluding hydrogens is 198 g/mol. The van der Waals surface area contributed by atoms with Gasteiger partial charge >= 0.3 is 0 Å². The van der Waals surface area contributed by atoms with Crippen LogP contribution < -0.4 is 5.32 Å². The van der Waals surface area contributed by atoms with Gasteiger partial charge in [0.05, 0.1) is 0 Å². The van der Waals surface area contributed by atoms with E-state index in [0.29, 0.717) is 0 Å². The van der Waals surface area contributed by atoms with Crippen molar-refractivity contribution in [1.29, 1.82) is 0 Å². The van der Waals surface area contributed by atoms with Crippen molar-refractivity contribution in [1.82, 2.24) is 0 Å². The zero-order valence-corrected chi connectivity index (χ0v) is 9.74. The first-order valence-corrected chi connectivity index (χ1v) is 5.54. The highest BCUT2D eigenvalue weighted by Gasteiger charge is 1.97. The van der Waals surface area contributed by atoms with Gasteiger partial charge in [-0.15, -0.1) is 0 Å². The van der Waals surface area contributed by atoms with Crippen LogP contribution in [0.5, 0.6) is 0 Å². The van der Waals surface area contributed by atoms with Gasteiger partial charge in [0.1, 0.15) is 0 Å². The number of aliphatic hydroxyl groups is 1. The second-order valence-corrected chi connectivity index (χ2v) is 3.61. The first-order valence-electron chi connectivity index (χ1n) is 5.54. The molecular formula is C14H19NO. The summed E-state index contributed by atoms with van der Waals surface area (Å²) < 4.78 is 0. The fourth-order valence-electron chi connectivity index (χ4n) is 1.44. The van der Waals surface area contributed by atoms with E-state index in [1.165, 1.54) is 0 Å². The summed E-state index contributed by atoms with van der Waals surface area (Å²) in [5.74, 6) is 0. The third kappa shape index (κ3) is 3.91. The number of rotatable bonds is 6. The second kappa shape index (κ2) is 6.85. The predicted molar refractivity (Wildman–Crippen MR) is 70.5 cm³/mol. The predicted octanol–water partition coefficient (Wildman–Crippen LogP) is 3.07. The molecule has 0 aliphatic heterocycles. The van der Waals surface area contributed by atoms with Gasteiger partial charge in [0.15, 0.2) is 0 Å². The van der Waals surface area contributed by atoms with Gasteiger partial charge in [-0.05, 0) is 36.6 Å². The van der Waals surface area contributed by atoms with Crippen LogP contribution in [-0.4, -0.2) is 18.3 Å². The average molecular weight is 217 g/mol. The van der Waals surface area contributed by atoms with Crippen LogP contribution in [0.25, 0.3) is 5.57 Å². The average Bonchev–Trinajstić information content (AvgIpc) is 2.30. The minimum Gasteiger partial charge on any atom is -0.396 e. The Kier molecular flexibility index (Phi) is 5.37. The SMILES string of the molecule is C=C(/C=C\C)c1cccc(NCCCO)c1. The zero-order valence-electron chi connectivity index (χ0n) is 9.74. The molecule has 2 N–H and O–H groups in total. The maximum absolute atomic E-state index is 8.69. The fourth-order valence-corrected chi connectivity index (χ4v) is 1.44. The number of allylic oxidation sites excluding steroid dienone is 3. The number of hydrogen-bond acceptors (Lipinski definition) is 2. The lowest BCUT2D eigenvalue weighted by Gasteiger charge is -2.07. The van der Waals surface area contributed by atoms with Crippen LogP contribution in [0.15, 0.2) is 43.0 Å². The molecule has 0 radical (unpaired) electrons. The molecule has 86 valence electrons. The quantitative estimate of drug-likeness (QED) is 0.567. The molecule has 0 bridgehead atoms. The smallest absolute Gasteiger partial charge is 0.0447 e. The summed E-state index contributed by atoms with van der Waals surface area (Å²) in [6.07, 6.45) is 4.74. The summed E-state index contributed by atoms with van der Waals surface area (Å²) in [6, 6.07) is 8.13. The molecule has 0 amide bonds. The highest BCUT2D eigenvalue weighted by molar-refractivity contribution is 5.74. The van der Waals surface area contributed by atoms with Crippen molar-refractivity contribution in [3.05, 3.63) is 48.6 Å². The molecule has 0 aromatic heterocycles. The van der Waals surface area contributed by atoms with Crippen molar-refractivity contribution in [3.63, 3.8) is 0 Å². The van der Waals surface area contributed by atoms with Crippen LogP contribution in [0.4, 0.5) is 5.69 Å². The molecule has 2 nitrogen and oxygen atoms in total. The largest absolute Gasteiger partial charge is 0.396 e. The van der Waals surface area contributed by atoms with Gasteiger partial charge in [0.25, 0.3) is 0 Å². The maximum atomic E-state index is 8.69. The Morgan fingerprint density at radius 3 is 3.00 bits per heavy atom. The minimum absolute atomic E-state index is 0.220. The molecule has 0 fully saturated rings. The Bertz CT molecular complexity index is 369. The number of hydrogen-bond donors (Lipinski definition) is 2. The molecule has 0 saturated carbocycles. The highest BCUT2D eigenvalue weighted by Crippen LogP contribution is 2.18. The number of benzene rings is 1. The Balaban J connectivity index is 2.67. The van der Waals surface area contributed by atoms with E-state index in [-0.39, 0.29) is 6.61 Å². The zero-order chi connectivity index (χ0) is 11.8. The molecule has 0 atom stereocenters. The van der Waals surface area contributed by atoms with E-state index in [9.17, 15) is 0 Å². The molecule has 1 rings (SSSR count). The van der Waals surface area contributed by atoms with E-state index >= 15 is 0 Å². The van der Waals surface area contributed by atoms with Crippen molar-refractivity contribution in [3.8, 4) is 0 Å². The third-order valence-electron chi connectivity index (χ3n) is 2.27. The molecule has 1 aromatic carbocycles. The van der Waals surface area contributed by atoms with Crippen LogP contribution in [0.2, 0.25) is 0 Å². The van der Waals surface area contributed by atoms with Crippen molar-refractivity contribution in [2.45, 2.75) is 13.3 Å². The van der Waals surface area contributed by atoms with Crippen LogP contribution in [0, 0.1) is 0 Å². The van der Waals surface area contributed by atoms with Gasteiger partial charge in [-0.1, -0.05) is 30.9 Å². The van der Waals surface area contributed by atoms with Gasteiger partial charge in [-0.2, -0.15) is 0 Å². The van der Waals surface area contributed by atoms with Crippen molar-refractivity contribution >= 4 is 11.3 Å². The van der Waals surface area contributed by atoms with E-state index < -0.39 is 0 Å². The molecule has 2 heteroatoms. The van der Waals surface area contributed by atoms with Crippen molar-refractivity contribution < 1.29 is 5.11 Å². The van der Waals surface area contributed by atoms with E-state index in [0.717, 1.165) is 29.8 Å². The maximum Gasteiger partial charge on any atom is 0.0447 e.